The minimum Gasteiger partial charge on any atom is -0.494 e. The molecule has 0 aliphatic carbocycles. The highest BCUT2D eigenvalue weighted by molar-refractivity contribution is 6.35. The molecule has 0 radical (unpaired) electrons. The van der Waals surface area contributed by atoms with Crippen molar-refractivity contribution in [3.05, 3.63) is 71.8 Å². The summed E-state index contributed by atoms with van der Waals surface area (Å²) in [5.74, 6) is 3.31. The Balaban J connectivity index is -0.00000104. The lowest BCUT2D eigenvalue weighted by Crippen LogP contribution is -2.69. The molecule has 0 saturated carbocycles. The quantitative estimate of drug-likeness (QED) is 0.100. The van der Waals surface area contributed by atoms with Crippen LogP contribution < -0.4 is 20.1 Å². The Labute approximate surface area is 549 Å². The molecule has 2 N–H and O–H groups in total. The SMILES string of the molecule is C.CC1CC(C)(C)N(CN2C(C)(C)CC(C)CC2(C)C)C(C)(C)C1.CCC.CCC=CCC.CCCN(C)C.CCCN1C(C)(C)CC(C)CC1(C)C.CCCNC(=O)C(=O)NCCC.CCCOc1ccc(C(C)(C)c2ccc(OCCC)cc2)cc1. The zero-order valence-electron chi connectivity index (χ0n) is 63.0. The molecule has 2 aromatic carbocycles. The number of nitrogens with zero attached hydrogens (tertiary/aromatic N) is 4. The number of likely N-dealkylation sites (tertiary alicyclic amines) is 3. The molecule has 3 heterocycles. The minimum absolute atomic E-state index is 0. The molecule has 10 nitrogen and oxygen atoms in total. The molecule has 0 aromatic heterocycles. The van der Waals surface area contributed by atoms with E-state index in [9.17, 15) is 9.59 Å². The molecule has 2 amide bonds. The monoisotopic (exact) mass is 1240 g/mol. The average Bonchev–Trinajstić information content (AvgIpc) is 3.40. The van der Waals surface area contributed by atoms with Crippen molar-refractivity contribution < 1.29 is 19.1 Å². The smallest absolute Gasteiger partial charge is 0.309 e. The third-order valence-corrected chi connectivity index (χ3v) is 16.9. The summed E-state index contributed by atoms with van der Waals surface area (Å²) < 4.78 is 11.3. The third-order valence-electron chi connectivity index (χ3n) is 16.9. The predicted octanol–water partition coefficient (Wildman–Crippen LogP) is 20.2. The van der Waals surface area contributed by atoms with E-state index in [1.54, 1.807) is 0 Å². The van der Waals surface area contributed by atoms with E-state index in [0.717, 1.165) is 74.8 Å². The van der Waals surface area contributed by atoms with Gasteiger partial charge in [-0.05, 0) is 253 Å². The van der Waals surface area contributed by atoms with Gasteiger partial charge in [0.15, 0.2) is 0 Å². The lowest BCUT2D eigenvalue weighted by Gasteiger charge is -2.62. The lowest BCUT2D eigenvalue weighted by atomic mass is 9.72. The van der Waals surface area contributed by atoms with Crippen LogP contribution in [-0.4, -0.2) is 125 Å². The fourth-order valence-electron chi connectivity index (χ4n) is 14.1. The molecule has 3 fully saturated rings. The number of ether oxygens (including phenoxy) is 2. The topological polar surface area (TPSA) is 89.6 Å². The highest BCUT2D eigenvalue weighted by Gasteiger charge is 2.50. The van der Waals surface area contributed by atoms with E-state index < -0.39 is 11.8 Å². The van der Waals surface area contributed by atoms with Crippen LogP contribution in [0.3, 0.4) is 0 Å². The first-order chi connectivity index (χ1) is 40.4. The van der Waals surface area contributed by atoms with Crippen LogP contribution in [0.15, 0.2) is 60.7 Å². The zero-order chi connectivity index (χ0) is 67.5. The second-order valence-electron chi connectivity index (χ2n) is 30.2. The highest BCUT2D eigenvalue weighted by atomic mass is 16.5. The van der Waals surface area contributed by atoms with Gasteiger partial charge in [-0.3, -0.25) is 24.3 Å². The fourth-order valence-corrected chi connectivity index (χ4v) is 14.1. The number of hydrogen-bond donors (Lipinski definition) is 2. The van der Waals surface area contributed by atoms with Crippen molar-refractivity contribution in [2.45, 2.75) is 329 Å². The van der Waals surface area contributed by atoms with Crippen molar-refractivity contribution >= 4 is 11.8 Å². The summed E-state index contributed by atoms with van der Waals surface area (Å²) in [6.45, 7) is 68.3. The third kappa shape index (κ3) is 33.8. The van der Waals surface area contributed by atoms with Crippen LogP contribution in [0.25, 0.3) is 0 Å². The van der Waals surface area contributed by atoms with Crippen LogP contribution in [-0.2, 0) is 15.0 Å². The van der Waals surface area contributed by atoms with Crippen LogP contribution >= 0.6 is 0 Å². The van der Waals surface area contributed by atoms with Gasteiger partial charge in [0.1, 0.15) is 11.5 Å². The summed E-state index contributed by atoms with van der Waals surface area (Å²) in [6, 6.07) is 16.9. The van der Waals surface area contributed by atoms with Gasteiger partial charge in [0, 0.05) is 51.7 Å². The predicted molar refractivity (Wildman–Crippen MR) is 390 cm³/mol. The Morgan fingerprint density at radius 1 is 0.489 bits per heavy atom. The van der Waals surface area contributed by atoms with E-state index in [1.165, 1.54) is 94.8 Å². The molecular formula is C78H150N6O4. The number of allylic oxidation sites excluding steroid dienone is 2. The summed E-state index contributed by atoms with van der Waals surface area (Å²) in [5.41, 5.74) is 4.38. The summed E-state index contributed by atoms with van der Waals surface area (Å²) >= 11 is 0. The second-order valence-corrected chi connectivity index (χ2v) is 30.2. The first kappa shape index (κ1) is 88.8. The first-order valence-corrected chi connectivity index (χ1v) is 35.0. The van der Waals surface area contributed by atoms with Gasteiger partial charge in [0.05, 0.1) is 19.9 Å². The van der Waals surface area contributed by atoms with Gasteiger partial charge in [-0.1, -0.05) is 154 Å². The number of carbonyl (C=O) groups excluding carboxylic acids is 2. The molecule has 88 heavy (non-hydrogen) atoms. The van der Waals surface area contributed by atoms with E-state index in [-0.39, 0.29) is 35.0 Å². The van der Waals surface area contributed by atoms with Crippen molar-refractivity contribution in [1.82, 2.24) is 30.2 Å². The average molecular weight is 1240 g/mol. The van der Waals surface area contributed by atoms with E-state index in [4.69, 9.17) is 9.47 Å². The highest BCUT2D eigenvalue weighted by Crippen LogP contribution is 2.46. The molecular weight excluding hydrogens is 1080 g/mol. The van der Waals surface area contributed by atoms with Crippen molar-refractivity contribution in [2.75, 3.05) is 60.2 Å². The number of amides is 2. The number of benzene rings is 2. The fraction of sp³-hybridized carbons (Fsp3) is 0.795. The van der Waals surface area contributed by atoms with Gasteiger partial charge in [0.25, 0.3) is 0 Å². The molecule has 0 bridgehead atoms. The van der Waals surface area contributed by atoms with E-state index in [1.807, 2.05) is 13.8 Å². The lowest BCUT2D eigenvalue weighted by molar-refractivity contribution is -0.143. The number of piperidine rings is 3. The molecule has 2 aromatic rings. The van der Waals surface area contributed by atoms with Crippen molar-refractivity contribution in [3.63, 3.8) is 0 Å². The molecule has 3 saturated heterocycles. The summed E-state index contributed by atoms with van der Waals surface area (Å²) in [6.07, 6.45) is 22.1. The maximum absolute atomic E-state index is 10.9. The Morgan fingerprint density at radius 2 is 0.773 bits per heavy atom. The summed E-state index contributed by atoms with van der Waals surface area (Å²) in [7, 11) is 4.17. The number of nitrogens with one attached hydrogen (secondary N) is 2. The van der Waals surface area contributed by atoms with Gasteiger partial charge in [0.2, 0.25) is 0 Å². The molecule has 0 spiro atoms. The van der Waals surface area contributed by atoms with Crippen LogP contribution in [0.4, 0.5) is 0 Å². The van der Waals surface area contributed by atoms with Gasteiger partial charge in [-0.15, -0.1) is 0 Å². The van der Waals surface area contributed by atoms with Crippen LogP contribution in [0.2, 0.25) is 0 Å². The van der Waals surface area contributed by atoms with Gasteiger partial charge in [-0.25, -0.2) is 0 Å². The molecule has 516 valence electrons. The molecule has 5 rings (SSSR count). The van der Waals surface area contributed by atoms with Gasteiger partial charge >= 0.3 is 11.8 Å². The molecule has 3 aliphatic rings. The maximum Gasteiger partial charge on any atom is 0.309 e. The van der Waals surface area contributed by atoms with Crippen LogP contribution in [0.5, 0.6) is 11.5 Å². The number of rotatable bonds is 20. The molecule has 0 unspecified atom stereocenters. The Hall–Kier alpha value is -3.44. The molecule has 0 atom stereocenters. The second kappa shape index (κ2) is 44.2. The van der Waals surface area contributed by atoms with Crippen LogP contribution in [0.1, 0.15) is 302 Å². The number of carbonyl (C=O) groups is 2. The summed E-state index contributed by atoms with van der Waals surface area (Å²) in [4.78, 5) is 32.3. The molecule has 3 aliphatic heterocycles. The maximum atomic E-state index is 10.9. The van der Waals surface area contributed by atoms with Gasteiger partial charge in [-0.2, -0.15) is 0 Å². The van der Waals surface area contributed by atoms with E-state index in [0.29, 0.717) is 24.2 Å². The zero-order valence-corrected chi connectivity index (χ0v) is 63.0. The van der Waals surface area contributed by atoms with Crippen molar-refractivity contribution in [3.8, 4) is 11.5 Å². The van der Waals surface area contributed by atoms with Crippen LogP contribution in [0, 0.1) is 17.8 Å². The summed E-state index contributed by atoms with van der Waals surface area (Å²) in [5, 5.41) is 4.98. The first-order valence-electron chi connectivity index (χ1n) is 35.0. The Bertz CT molecular complexity index is 1930. The number of hydrogen-bond acceptors (Lipinski definition) is 8. The Kier molecular flexibility index (Phi) is 44.5. The van der Waals surface area contributed by atoms with Gasteiger partial charge < -0.3 is 25.0 Å². The Morgan fingerprint density at radius 3 is 0.989 bits per heavy atom. The van der Waals surface area contributed by atoms with E-state index >= 15 is 0 Å². The largest absolute Gasteiger partial charge is 0.494 e. The van der Waals surface area contributed by atoms with E-state index in [2.05, 4.69) is 278 Å². The van der Waals surface area contributed by atoms with Crippen molar-refractivity contribution in [1.29, 1.82) is 0 Å². The normalized spacial score (nSPS) is 18.6. The van der Waals surface area contributed by atoms with Crippen molar-refractivity contribution in [2.24, 2.45) is 17.8 Å². The molecule has 10 heteroatoms. The minimum atomic E-state index is -0.537. The standard InChI is InChI=1S/C21H42N2.C21H28O2.C13H27N.C8H16N2O2.C6H12.C5H13N.C3H8.CH4/c1-16-11-18(3,4)22(19(5,6)12-16)15-23-20(7,8)13-17(2)14-21(23,9)10;1-5-15-22-19-11-7-17(8-12-19)21(3,4)18-9-13-20(14-10-18)23-16-6-2;1-7-8-14-12(3,4)9-11(2)10-13(14,5)6;1-3-5-9-7(11)8(12)10-6-4-2;1-3-5-6-4-2;1-4-5-6(2)3;1-3-2;/h16-17H,11-15H2,1-10H3;7-14H,5-6,15-16H2,1-4H3;11H,7-10H2,1-6H3;3-6H2,1-2H3,(H,9,11)(H,10,12);5-6H,3-4H2,1-2H3;4-5H2,1-3H3;3H2,1-2H3;1H4.